The lowest BCUT2D eigenvalue weighted by Crippen LogP contribution is -2.42. The quantitative estimate of drug-likeness (QED) is 0.745. The third-order valence-electron chi connectivity index (χ3n) is 2.98. The van der Waals surface area contributed by atoms with Gasteiger partial charge in [0.1, 0.15) is 17.5 Å². The minimum Gasteiger partial charge on any atom is -0.391 e. The van der Waals surface area contributed by atoms with Gasteiger partial charge in [-0.05, 0) is 34.6 Å². The maximum atomic E-state index is 9.71. The minimum atomic E-state index is -0.477. The number of aliphatic hydroxyl groups excluding tert-OH is 1. The largest absolute Gasteiger partial charge is 0.391 e. The fourth-order valence-corrected chi connectivity index (χ4v) is 1.40. The number of hydrogen-bond acceptors (Lipinski definition) is 5. The third kappa shape index (κ3) is 3.06. The summed E-state index contributed by atoms with van der Waals surface area (Å²) in [6.07, 6.45) is -0.477. The Morgan fingerprint density at radius 2 is 1.71 bits per heavy atom. The third-order valence-corrected chi connectivity index (χ3v) is 2.98. The Balaban J connectivity index is 3.11. The Bertz CT molecular complexity index is 402. The molecule has 0 aliphatic heterocycles. The van der Waals surface area contributed by atoms with Crippen LogP contribution in [0.3, 0.4) is 0 Å². The Morgan fingerprint density at radius 3 is 2.18 bits per heavy atom. The number of rotatable bonds is 4. The predicted octanol–water partition coefficient (Wildman–Crippen LogP) is 1.71. The van der Waals surface area contributed by atoms with Gasteiger partial charge in [-0.1, -0.05) is 0 Å². The van der Waals surface area contributed by atoms with Crippen LogP contribution in [0.5, 0.6) is 0 Å². The van der Waals surface area contributed by atoms with Crippen LogP contribution in [0.2, 0.25) is 0 Å². The molecule has 1 atom stereocenters. The fourth-order valence-electron chi connectivity index (χ4n) is 1.40. The summed E-state index contributed by atoms with van der Waals surface area (Å²) in [4.78, 5) is 8.68. The van der Waals surface area contributed by atoms with Gasteiger partial charge in [0.25, 0.3) is 0 Å². The summed E-state index contributed by atoms with van der Waals surface area (Å²) in [7, 11) is 1.83. The SMILES string of the molecule is CNc1nc(C)nc(NC(C)(C)C(C)O)c1C. The van der Waals surface area contributed by atoms with E-state index in [-0.39, 0.29) is 0 Å². The zero-order chi connectivity index (χ0) is 13.2. The Morgan fingerprint density at radius 1 is 1.18 bits per heavy atom. The highest BCUT2D eigenvalue weighted by molar-refractivity contribution is 5.57. The second-order valence-corrected chi connectivity index (χ2v) is 4.87. The number of nitrogens with zero attached hydrogens (tertiary/aromatic N) is 2. The Kier molecular flexibility index (Phi) is 3.93. The second-order valence-electron chi connectivity index (χ2n) is 4.87. The van der Waals surface area contributed by atoms with Gasteiger partial charge in [-0.3, -0.25) is 0 Å². The molecule has 1 aromatic rings. The maximum Gasteiger partial charge on any atom is 0.135 e. The van der Waals surface area contributed by atoms with E-state index in [9.17, 15) is 5.11 Å². The van der Waals surface area contributed by atoms with Gasteiger partial charge < -0.3 is 15.7 Å². The van der Waals surface area contributed by atoms with E-state index in [4.69, 9.17) is 0 Å². The van der Waals surface area contributed by atoms with Gasteiger partial charge in [-0.25, -0.2) is 9.97 Å². The Labute approximate surface area is 103 Å². The van der Waals surface area contributed by atoms with Gasteiger partial charge in [-0.15, -0.1) is 0 Å². The minimum absolute atomic E-state index is 0.434. The molecule has 1 unspecified atom stereocenters. The molecule has 0 saturated heterocycles. The van der Waals surface area contributed by atoms with Crippen molar-refractivity contribution >= 4 is 11.6 Å². The van der Waals surface area contributed by atoms with Crippen LogP contribution >= 0.6 is 0 Å². The van der Waals surface area contributed by atoms with Crippen molar-refractivity contribution in [3.05, 3.63) is 11.4 Å². The summed E-state index contributed by atoms with van der Waals surface area (Å²) in [5.41, 5.74) is 0.517. The van der Waals surface area contributed by atoms with E-state index in [1.165, 1.54) is 0 Å². The first-order valence-corrected chi connectivity index (χ1v) is 5.77. The lowest BCUT2D eigenvalue weighted by molar-refractivity contribution is 0.133. The number of aliphatic hydroxyl groups is 1. The van der Waals surface area contributed by atoms with Gasteiger partial charge in [-0.2, -0.15) is 0 Å². The Hall–Kier alpha value is -1.36. The summed E-state index contributed by atoms with van der Waals surface area (Å²) < 4.78 is 0. The van der Waals surface area contributed by atoms with Crippen molar-refractivity contribution in [2.45, 2.75) is 46.3 Å². The molecule has 96 valence electrons. The van der Waals surface area contributed by atoms with E-state index in [1.54, 1.807) is 6.92 Å². The molecule has 5 heteroatoms. The molecule has 0 saturated carbocycles. The summed E-state index contributed by atoms with van der Waals surface area (Å²) >= 11 is 0. The molecule has 0 fully saturated rings. The molecule has 17 heavy (non-hydrogen) atoms. The van der Waals surface area contributed by atoms with E-state index in [1.807, 2.05) is 34.7 Å². The van der Waals surface area contributed by atoms with E-state index < -0.39 is 11.6 Å². The normalized spacial score (nSPS) is 13.4. The molecular weight excluding hydrogens is 216 g/mol. The zero-order valence-corrected chi connectivity index (χ0v) is 11.4. The number of aryl methyl sites for hydroxylation is 1. The molecule has 0 amide bonds. The highest BCUT2D eigenvalue weighted by Crippen LogP contribution is 2.23. The van der Waals surface area contributed by atoms with Gasteiger partial charge in [0.2, 0.25) is 0 Å². The number of aromatic nitrogens is 2. The highest BCUT2D eigenvalue weighted by atomic mass is 16.3. The highest BCUT2D eigenvalue weighted by Gasteiger charge is 2.25. The topological polar surface area (TPSA) is 70.1 Å². The van der Waals surface area contributed by atoms with Crippen molar-refractivity contribution in [1.82, 2.24) is 9.97 Å². The standard InChI is InChI=1S/C12H22N4O/c1-7-10(13-6)14-9(3)15-11(7)16-12(4,5)8(2)17/h8,17H,1-6H3,(H2,13,14,15,16). The second kappa shape index (κ2) is 4.87. The van der Waals surface area contributed by atoms with Crippen LogP contribution in [-0.4, -0.2) is 33.8 Å². The van der Waals surface area contributed by atoms with Crippen molar-refractivity contribution in [3.63, 3.8) is 0 Å². The molecule has 0 aromatic carbocycles. The van der Waals surface area contributed by atoms with Crippen molar-refractivity contribution < 1.29 is 5.11 Å². The summed E-state index contributed by atoms with van der Waals surface area (Å²) in [6.45, 7) is 9.43. The molecule has 1 heterocycles. The van der Waals surface area contributed by atoms with Crippen LogP contribution in [0.15, 0.2) is 0 Å². The van der Waals surface area contributed by atoms with Gasteiger partial charge >= 0.3 is 0 Å². The lowest BCUT2D eigenvalue weighted by Gasteiger charge is -2.30. The summed E-state index contributed by atoms with van der Waals surface area (Å²) in [5.74, 6) is 2.26. The molecule has 1 rings (SSSR count). The van der Waals surface area contributed by atoms with Gasteiger partial charge in [0.05, 0.1) is 11.6 Å². The van der Waals surface area contributed by atoms with Crippen molar-refractivity contribution in [1.29, 1.82) is 0 Å². The molecule has 0 aliphatic rings. The molecule has 0 bridgehead atoms. The van der Waals surface area contributed by atoms with Crippen molar-refractivity contribution in [2.75, 3.05) is 17.7 Å². The molecule has 1 aromatic heterocycles. The molecule has 5 nitrogen and oxygen atoms in total. The van der Waals surface area contributed by atoms with Crippen LogP contribution in [-0.2, 0) is 0 Å². The van der Waals surface area contributed by atoms with E-state index in [0.29, 0.717) is 5.82 Å². The van der Waals surface area contributed by atoms with Crippen LogP contribution in [0.4, 0.5) is 11.6 Å². The zero-order valence-electron chi connectivity index (χ0n) is 11.4. The molecule has 0 spiro atoms. The van der Waals surface area contributed by atoms with Gasteiger partial charge in [0.15, 0.2) is 0 Å². The van der Waals surface area contributed by atoms with E-state index in [0.717, 1.165) is 17.2 Å². The first-order chi connectivity index (χ1) is 7.77. The van der Waals surface area contributed by atoms with Gasteiger partial charge in [0, 0.05) is 12.6 Å². The average Bonchev–Trinajstić information content (AvgIpc) is 2.22. The molecule has 3 N–H and O–H groups in total. The molecular formula is C12H22N4O. The number of nitrogens with one attached hydrogen (secondary N) is 2. The van der Waals surface area contributed by atoms with Crippen molar-refractivity contribution in [3.8, 4) is 0 Å². The van der Waals surface area contributed by atoms with Crippen LogP contribution in [0.1, 0.15) is 32.2 Å². The summed E-state index contributed by atoms with van der Waals surface area (Å²) in [6, 6.07) is 0. The van der Waals surface area contributed by atoms with Crippen molar-refractivity contribution in [2.24, 2.45) is 0 Å². The fraction of sp³-hybridized carbons (Fsp3) is 0.667. The molecule has 0 aliphatic carbocycles. The van der Waals surface area contributed by atoms with E-state index >= 15 is 0 Å². The van der Waals surface area contributed by atoms with E-state index in [2.05, 4.69) is 20.6 Å². The average molecular weight is 238 g/mol. The first-order valence-electron chi connectivity index (χ1n) is 5.77. The monoisotopic (exact) mass is 238 g/mol. The van der Waals surface area contributed by atoms with Crippen LogP contribution in [0.25, 0.3) is 0 Å². The summed E-state index contributed by atoms with van der Waals surface area (Å²) in [5, 5.41) is 16.0. The predicted molar refractivity (Wildman–Crippen MR) is 70.4 cm³/mol. The molecule has 0 radical (unpaired) electrons. The van der Waals surface area contributed by atoms with Crippen LogP contribution < -0.4 is 10.6 Å². The number of hydrogen-bond donors (Lipinski definition) is 3. The smallest absolute Gasteiger partial charge is 0.135 e. The first kappa shape index (κ1) is 13.7. The lowest BCUT2D eigenvalue weighted by atomic mass is 9.98. The van der Waals surface area contributed by atoms with Crippen LogP contribution in [0, 0.1) is 13.8 Å². The maximum absolute atomic E-state index is 9.71. The number of anilines is 2.